The average Bonchev–Trinajstić information content (AvgIpc) is 2.65. The van der Waals surface area contributed by atoms with Crippen LogP contribution in [0.25, 0.3) is 5.69 Å². The Labute approximate surface area is 118 Å². The Morgan fingerprint density at radius 3 is 2.83 bits per heavy atom. The van der Waals surface area contributed by atoms with Crippen LogP contribution in [-0.4, -0.2) is 7.05 Å². The van der Waals surface area contributed by atoms with E-state index < -0.39 is 11.6 Å². The number of anilines is 1. The number of hydrogen-bond donors (Lipinski definition) is 0. The molecule has 7 heteroatoms. The number of benzene rings is 1. The van der Waals surface area contributed by atoms with E-state index in [4.69, 9.17) is 11.6 Å². The molecule has 1 aromatic heterocycles. The SMILES string of the molecule is CN1Cc2csc(Cl)[n+]2-c2ccc(F)c(F)c21.[Cl-]. The molecule has 2 nitrogen and oxygen atoms in total. The van der Waals surface area contributed by atoms with Gasteiger partial charge in [0.25, 0.3) is 0 Å². The van der Waals surface area contributed by atoms with Gasteiger partial charge in [0.1, 0.15) is 12.2 Å². The van der Waals surface area contributed by atoms with Crippen LogP contribution in [0.1, 0.15) is 5.69 Å². The summed E-state index contributed by atoms with van der Waals surface area (Å²) in [5.74, 6) is -1.67. The van der Waals surface area contributed by atoms with Gasteiger partial charge >= 0.3 is 4.47 Å². The maximum Gasteiger partial charge on any atom is 0.339 e. The van der Waals surface area contributed by atoms with Crippen molar-refractivity contribution < 1.29 is 25.8 Å². The second kappa shape index (κ2) is 4.64. The van der Waals surface area contributed by atoms with Crippen LogP contribution in [0.4, 0.5) is 14.5 Å². The van der Waals surface area contributed by atoms with Crippen LogP contribution in [0.5, 0.6) is 0 Å². The Bertz CT molecular complexity index is 615. The molecule has 1 aliphatic rings. The number of fused-ring (bicyclic) bond motifs is 3. The van der Waals surface area contributed by atoms with Gasteiger partial charge in [0.15, 0.2) is 11.6 Å². The van der Waals surface area contributed by atoms with Crippen molar-refractivity contribution in [1.82, 2.24) is 0 Å². The Kier molecular flexibility index (Phi) is 3.49. The van der Waals surface area contributed by atoms with E-state index in [9.17, 15) is 8.78 Å². The smallest absolute Gasteiger partial charge is 0.339 e. The molecule has 0 atom stereocenters. The van der Waals surface area contributed by atoms with Gasteiger partial charge in [-0.1, -0.05) is 11.3 Å². The highest BCUT2D eigenvalue weighted by atomic mass is 35.5. The molecule has 0 amide bonds. The summed E-state index contributed by atoms with van der Waals surface area (Å²) in [5, 5.41) is 1.92. The average molecular weight is 309 g/mol. The number of thiazole rings is 1. The monoisotopic (exact) mass is 308 g/mol. The van der Waals surface area contributed by atoms with Crippen molar-refractivity contribution in [3.8, 4) is 5.69 Å². The summed E-state index contributed by atoms with van der Waals surface area (Å²) < 4.78 is 29.3. The molecule has 0 aliphatic carbocycles. The molecule has 18 heavy (non-hydrogen) atoms. The standard InChI is InChI=1S/C11H8ClF2N2S.ClH/c1-15-4-6-5-17-11(12)16(6)8-3-2-7(13)9(14)10(8)15;/h2-3,5H,4H2,1H3;1H/q+1;/p-1. The fourth-order valence-electron chi connectivity index (χ4n) is 2.09. The summed E-state index contributed by atoms with van der Waals surface area (Å²) in [5.41, 5.74) is 1.81. The fourth-order valence-corrected chi connectivity index (χ4v) is 3.16. The van der Waals surface area contributed by atoms with Gasteiger partial charge in [-0.2, -0.15) is 0 Å². The number of rotatable bonds is 0. The van der Waals surface area contributed by atoms with Crippen LogP contribution in [0, 0.1) is 11.6 Å². The Morgan fingerprint density at radius 1 is 1.39 bits per heavy atom. The molecular weight excluding hydrogens is 301 g/mol. The van der Waals surface area contributed by atoms with Crippen molar-refractivity contribution in [1.29, 1.82) is 0 Å². The third kappa shape index (κ3) is 1.77. The van der Waals surface area contributed by atoms with Gasteiger partial charge < -0.3 is 17.3 Å². The maximum atomic E-state index is 13.8. The molecule has 2 aromatic rings. The predicted octanol–water partition coefficient (Wildman–Crippen LogP) is -0.0898. The number of nitrogens with zero attached hydrogens (tertiary/aromatic N) is 2. The van der Waals surface area contributed by atoms with Crippen molar-refractivity contribution in [2.45, 2.75) is 6.54 Å². The fraction of sp³-hybridized carbons (Fsp3) is 0.182. The molecule has 0 unspecified atom stereocenters. The van der Waals surface area contributed by atoms with Gasteiger partial charge in [0, 0.05) is 24.7 Å². The van der Waals surface area contributed by atoms with Crippen LogP contribution >= 0.6 is 22.9 Å². The quantitative estimate of drug-likeness (QED) is 0.617. The summed E-state index contributed by atoms with van der Waals surface area (Å²) in [4.78, 5) is 1.69. The minimum absolute atomic E-state index is 0. The third-order valence-electron chi connectivity index (χ3n) is 2.82. The van der Waals surface area contributed by atoms with E-state index in [0.717, 1.165) is 11.8 Å². The molecule has 0 bridgehead atoms. The van der Waals surface area contributed by atoms with Gasteiger partial charge in [-0.25, -0.2) is 8.78 Å². The van der Waals surface area contributed by atoms with E-state index in [1.807, 2.05) is 5.38 Å². The molecule has 0 N–H and O–H groups in total. The summed E-state index contributed by atoms with van der Waals surface area (Å²) in [6.07, 6.45) is 0. The van der Waals surface area contributed by atoms with Gasteiger partial charge in [-0.15, -0.1) is 4.57 Å². The largest absolute Gasteiger partial charge is 1.00 e. The number of hydrogen-bond acceptors (Lipinski definition) is 2. The van der Waals surface area contributed by atoms with E-state index in [2.05, 4.69) is 0 Å². The second-order valence-electron chi connectivity index (χ2n) is 3.90. The molecule has 0 spiro atoms. The Morgan fingerprint density at radius 2 is 2.11 bits per heavy atom. The summed E-state index contributed by atoms with van der Waals surface area (Å²) >= 11 is 7.45. The van der Waals surface area contributed by atoms with Crippen LogP contribution in [0.3, 0.4) is 0 Å². The number of halogens is 4. The lowest BCUT2D eigenvalue weighted by Gasteiger charge is -2.23. The highest BCUT2D eigenvalue weighted by molar-refractivity contribution is 7.13. The molecule has 0 fully saturated rings. The summed E-state index contributed by atoms with van der Waals surface area (Å²) in [7, 11) is 1.73. The zero-order valence-corrected chi connectivity index (χ0v) is 11.6. The Hall–Kier alpha value is -0.910. The lowest BCUT2D eigenvalue weighted by Crippen LogP contribution is -3.00. The van der Waals surface area contributed by atoms with Gasteiger partial charge in [0.05, 0.1) is 5.38 Å². The molecular formula is C11H8Cl2F2N2S. The number of aromatic nitrogens is 1. The van der Waals surface area contributed by atoms with Crippen LogP contribution in [-0.2, 0) is 6.54 Å². The normalized spacial score (nSPS) is 12.8. The first kappa shape index (κ1) is 13.5. The van der Waals surface area contributed by atoms with Crippen molar-refractivity contribution >= 4 is 28.6 Å². The van der Waals surface area contributed by atoms with Crippen LogP contribution in [0.15, 0.2) is 17.5 Å². The summed E-state index contributed by atoms with van der Waals surface area (Å²) in [6.45, 7) is 0.511. The lowest BCUT2D eigenvalue weighted by molar-refractivity contribution is -0.598. The van der Waals surface area contributed by atoms with Crippen molar-refractivity contribution in [2.75, 3.05) is 11.9 Å². The Balaban J connectivity index is 0.00000120. The first-order valence-corrected chi connectivity index (χ1v) is 6.23. The van der Waals surface area contributed by atoms with E-state index in [0.29, 0.717) is 16.7 Å². The molecule has 1 aliphatic heterocycles. The highest BCUT2D eigenvalue weighted by Crippen LogP contribution is 2.32. The lowest BCUT2D eigenvalue weighted by atomic mass is 10.1. The second-order valence-corrected chi connectivity index (χ2v) is 5.34. The van der Waals surface area contributed by atoms with E-state index in [-0.39, 0.29) is 18.1 Å². The molecule has 1 aromatic carbocycles. The van der Waals surface area contributed by atoms with E-state index >= 15 is 0 Å². The minimum Gasteiger partial charge on any atom is -1.00 e. The maximum absolute atomic E-state index is 13.8. The van der Waals surface area contributed by atoms with Crippen LogP contribution < -0.4 is 21.9 Å². The van der Waals surface area contributed by atoms with Crippen LogP contribution in [0.2, 0.25) is 4.47 Å². The highest BCUT2D eigenvalue weighted by Gasteiger charge is 2.34. The molecule has 0 saturated heterocycles. The van der Waals surface area contributed by atoms with E-state index in [1.165, 1.54) is 11.3 Å². The zero-order valence-electron chi connectivity index (χ0n) is 9.25. The summed E-state index contributed by atoms with van der Waals surface area (Å²) in [6, 6.07) is 2.67. The minimum atomic E-state index is -0.842. The predicted molar refractivity (Wildman–Crippen MR) is 62.9 cm³/mol. The first-order valence-electron chi connectivity index (χ1n) is 4.97. The van der Waals surface area contributed by atoms with E-state index in [1.54, 1.807) is 22.6 Å². The molecule has 0 radical (unpaired) electrons. The van der Waals surface area contributed by atoms with Gasteiger partial charge in [-0.3, -0.25) is 0 Å². The third-order valence-corrected chi connectivity index (χ3v) is 4.03. The van der Waals surface area contributed by atoms with Crippen molar-refractivity contribution in [3.63, 3.8) is 0 Å². The van der Waals surface area contributed by atoms with Crippen molar-refractivity contribution in [2.24, 2.45) is 0 Å². The van der Waals surface area contributed by atoms with Crippen molar-refractivity contribution in [3.05, 3.63) is 39.3 Å². The molecule has 96 valence electrons. The molecule has 2 heterocycles. The van der Waals surface area contributed by atoms with Gasteiger partial charge in [-0.05, 0) is 6.07 Å². The topological polar surface area (TPSA) is 7.12 Å². The molecule has 0 saturated carbocycles. The zero-order chi connectivity index (χ0) is 12.2. The van der Waals surface area contributed by atoms with Gasteiger partial charge in [0.2, 0.25) is 11.4 Å². The first-order chi connectivity index (χ1) is 8.09. The molecule has 3 rings (SSSR count).